The molecule has 4 aromatic rings. The molecule has 6 heteroatoms. The van der Waals surface area contributed by atoms with Crippen LogP contribution in [0.2, 0.25) is 0 Å². The van der Waals surface area contributed by atoms with Crippen LogP contribution in [-0.4, -0.2) is 11.9 Å². The first kappa shape index (κ1) is 28.8. The largest absolute Gasteiger partial charge is 0.452 e. The van der Waals surface area contributed by atoms with E-state index in [1.165, 1.54) is 0 Å². The Morgan fingerprint density at radius 1 is 0.667 bits per heavy atom. The van der Waals surface area contributed by atoms with Crippen LogP contribution in [0, 0.1) is 17.8 Å². The molecule has 0 saturated carbocycles. The number of ether oxygens (including phenoxy) is 2. The molecule has 4 nitrogen and oxygen atoms in total. The Labute approximate surface area is 239 Å². The summed E-state index contributed by atoms with van der Waals surface area (Å²) in [7, 11) is 0. The molecule has 0 aliphatic rings. The second-order valence-corrected chi connectivity index (χ2v) is 13.9. The third-order valence-electron chi connectivity index (χ3n) is 6.26. The van der Waals surface area contributed by atoms with E-state index in [1.54, 1.807) is 22.7 Å². The van der Waals surface area contributed by atoms with Crippen molar-refractivity contribution in [2.24, 2.45) is 10.8 Å². The molecule has 0 spiro atoms. The fourth-order valence-electron chi connectivity index (χ4n) is 3.93. The molecule has 0 aliphatic carbocycles. The van der Waals surface area contributed by atoms with Crippen molar-refractivity contribution >= 4 is 34.6 Å². The lowest BCUT2D eigenvalue weighted by Crippen LogP contribution is -2.27. The molecule has 0 amide bonds. The highest BCUT2D eigenvalue weighted by Gasteiger charge is 2.34. The smallest absolute Gasteiger partial charge is 0.312 e. The zero-order valence-corrected chi connectivity index (χ0v) is 25.2. The summed E-state index contributed by atoms with van der Waals surface area (Å²) < 4.78 is 12.5. The molecule has 2 aromatic carbocycles. The van der Waals surface area contributed by atoms with E-state index in [-0.39, 0.29) is 11.9 Å². The van der Waals surface area contributed by atoms with E-state index in [9.17, 15) is 9.59 Å². The third kappa shape index (κ3) is 6.87. The maximum Gasteiger partial charge on any atom is 0.312 e. The summed E-state index contributed by atoms with van der Waals surface area (Å²) >= 11 is 3.28. The van der Waals surface area contributed by atoms with Crippen molar-refractivity contribution in [2.45, 2.75) is 60.7 Å². The van der Waals surface area contributed by atoms with Crippen LogP contribution in [0.5, 0.6) is 0 Å². The van der Waals surface area contributed by atoms with Crippen molar-refractivity contribution in [1.82, 2.24) is 0 Å². The summed E-state index contributed by atoms with van der Waals surface area (Å²) in [6.45, 7) is 13.1. The van der Waals surface area contributed by atoms with E-state index in [2.05, 4.69) is 17.5 Å². The Morgan fingerprint density at radius 3 is 1.77 bits per heavy atom. The van der Waals surface area contributed by atoms with Crippen LogP contribution in [-0.2, 0) is 19.1 Å². The minimum absolute atomic E-state index is 0.299. The topological polar surface area (TPSA) is 52.6 Å². The first-order chi connectivity index (χ1) is 18.3. The van der Waals surface area contributed by atoms with Gasteiger partial charge in [-0.1, -0.05) is 60.2 Å². The van der Waals surface area contributed by atoms with Crippen LogP contribution >= 0.6 is 22.7 Å². The highest BCUT2D eigenvalue weighted by atomic mass is 32.1. The van der Waals surface area contributed by atoms with Crippen molar-refractivity contribution in [2.75, 3.05) is 0 Å². The average molecular weight is 561 g/mol. The minimum atomic E-state index is -0.684. The molecule has 2 aromatic heterocycles. The van der Waals surface area contributed by atoms with Gasteiger partial charge in [-0.05, 0) is 77.6 Å². The van der Waals surface area contributed by atoms with Crippen LogP contribution in [0.3, 0.4) is 0 Å². The number of aryl methyl sites for hydroxylation is 1. The zero-order valence-electron chi connectivity index (χ0n) is 23.6. The second kappa shape index (κ2) is 11.5. The van der Waals surface area contributed by atoms with Gasteiger partial charge in [-0.25, -0.2) is 0 Å². The van der Waals surface area contributed by atoms with Crippen molar-refractivity contribution in [3.05, 3.63) is 105 Å². The SMILES string of the molecule is Cc1ccc(C(OC(=O)C(C)(C)C)c2ccccc2C(OC(=O)C(C)(C)C)c2ccc(-c3cccs3)s2)cc1. The second-order valence-electron chi connectivity index (χ2n) is 11.8. The minimum Gasteiger partial charge on any atom is -0.452 e. The molecule has 39 heavy (non-hydrogen) atoms. The molecule has 0 bridgehead atoms. The highest BCUT2D eigenvalue weighted by Crippen LogP contribution is 2.42. The number of carbonyl (C=O) groups excluding carboxylic acids is 2. The summed E-state index contributed by atoms with van der Waals surface area (Å²) in [4.78, 5) is 29.6. The van der Waals surface area contributed by atoms with E-state index in [1.807, 2.05) is 109 Å². The first-order valence-corrected chi connectivity index (χ1v) is 14.8. The molecular formula is C33H36O4S2. The van der Waals surface area contributed by atoms with Gasteiger partial charge in [-0.2, -0.15) is 0 Å². The number of thiophene rings is 2. The van der Waals surface area contributed by atoms with Crippen LogP contribution in [0.15, 0.2) is 78.2 Å². The van der Waals surface area contributed by atoms with E-state index in [4.69, 9.17) is 9.47 Å². The van der Waals surface area contributed by atoms with Gasteiger partial charge >= 0.3 is 11.9 Å². The predicted molar refractivity (Wildman–Crippen MR) is 160 cm³/mol. The predicted octanol–water partition coefficient (Wildman–Crippen LogP) is 9.14. The molecule has 0 fully saturated rings. The fourth-order valence-corrected chi connectivity index (χ4v) is 5.82. The summed E-state index contributed by atoms with van der Waals surface area (Å²) in [5.41, 5.74) is 2.19. The van der Waals surface area contributed by atoms with Crippen molar-refractivity contribution in [3.8, 4) is 9.75 Å². The van der Waals surface area contributed by atoms with Crippen LogP contribution < -0.4 is 0 Å². The molecule has 0 aliphatic heterocycles. The number of esters is 2. The van der Waals surface area contributed by atoms with E-state index in [0.29, 0.717) is 0 Å². The molecule has 0 radical (unpaired) electrons. The molecule has 2 heterocycles. The molecule has 0 saturated heterocycles. The van der Waals surface area contributed by atoms with Gasteiger partial charge in [0.1, 0.15) is 0 Å². The van der Waals surface area contributed by atoms with Crippen molar-refractivity contribution in [3.63, 3.8) is 0 Å². The fraction of sp³-hybridized carbons (Fsp3) is 0.333. The van der Waals surface area contributed by atoms with Gasteiger partial charge in [0.2, 0.25) is 0 Å². The molecule has 2 atom stereocenters. The van der Waals surface area contributed by atoms with Crippen molar-refractivity contribution in [1.29, 1.82) is 0 Å². The Kier molecular flexibility index (Phi) is 8.48. The van der Waals surface area contributed by atoms with Gasteiger partial charge in [0.05, 0.1) is 15.7 Å². The number of hydrogen-bond acceptors (Lipinski definition) is 6. The molecule has 4 rings (SSSR count). The first-order valence-electron chi connectivity index (χ1n) is 13.1. The molecule has 204 valence electrons. The van der Waals surface area contributed by atoms with Gasteiger partial charge in [0, 0.05) is 20.9 Å². The number of benzene rings is 2. The van der Waals surface area contributed by atoms with Crippen LogP contribution in [0.4, 0.5) is 0 Å². The lowest BCUT2D eigenvalue weighted by atomic mass is 9.91. The van der Waals surface area contributed by atoms with E-state index >= 15 is 0 Å². The van der Waals surface area contributed by atoms with Gasteiger partial charge in [-0.15, -0.1) is 22.7 Å². The lowest BCUT2D eigenvalue weighted by molar-refractivity contribution is -0.158. The number of hydrogen-bond donors (Lipinski definition) is 0. The molecule has 2 unspecified atom stereocenters. The standard InChI is InChI=1S/C33H36O4S2/c1-21-14-16-22(17-15-21)28(36-30(34)32(2,3)4)23-11-8-9-12-24(23)29(37-31(35)33(5,6)7)27-19-18-26(39-27)25-13-10-20-38-25/h8-20,28-29H,1-7H3. The van der Waals surface area contributed by atoms with Gasteiger partial charge in [-0.3, -0.25) is 9.59 Å². The number of carbonyl (C=O) groups is 2. The normalized spacial score (nSPS) is 13.5. The zero-order chi connectivity index (χ0) is 28.4. The monoisotopic (exact) mass is 560 g/mol. The molecule has 0 N–H and O–H groups in total. The van der Waals surface area contributed by atoms with E-state index in [0.717, 1.165) is 36.9 Å². The summed E-state index contributed by atoms with van der Waals surface area (Å²) in [6, 6.07) is 24.0. The molecular weight excluding hydrogens is 524 g/mol. The summed E-state index contributed by atoms with van der Waals surface area (Å²) in [5, 5.41) is 2.05. The Bertz CT molecular complexity index is 1420. The lowest BCUT2D eigenvalue weighted by Gasteiger charge is -2.29. The number of rotatable bonds is 7. The summed E-state index contributed by atoms with van der Waals surface area (Å²) in [5.74, 6) is -0.603. The van der Waals surface area contributed by atoms with Gasteiger partial charge in [0.25, 0.3) is 0 Å². The van der Waals surface area contributed by atoms with Gasteiger partial charge < -0.3 is 9.47 Å². The highest BCUT2D eigenvalue weighted by molar-refractivity contribution is 7.21. The quantitative estimate of drug-likeness (QED) is 0.212. The summed E-state index contributed by atoms with van der Waals surface area (Å²) in [6.07, 6.45) is -1.32. The average Bonchev–Trinajstić information content (AvgIpc) is 3.57. The maximum atomic E-state index is 13.3. The van der Waals surface area contributed by atoms with Crippen LogP contribution in [0.1, 0.15) is 80.9 Å². The Morgan fingerprint density at radius 2 is 1.23 bits per heavy atom. The van der Waals surface area contributed by atoms with Gasteiger partial charge in [0.15, 0.2) is 12.2 Å². The third-order valence-corrected chi connectivity index (χ3v) is 8.46. The van der Waals surface area contributed by atoms with E-state index < -0.39 is 23.0 Å². The van der Waals surface area contributed by atoms with Crippen LogP contribution in [0.25, 0.3) is 9.75 Å². The van der Waals surface area contributed by atoms with Crippen molar-refractivity contribution < 1.29 is 19.1 Å². The maximum absolute atomic E-state index is 13.3. The Hall–Kier alpha value is -3.22. The Balaban J connectivity index is 1.86.